The van der Waals surface area contributed by atoms with E-state index in [-0.39, 0.29) is 29.5 Å². The van der Waals surface area contributed by atoms with Gasteiger partial charge in [-0.05, 0) is 33.0 Å². The van der Waals surface area contributed by atoms with Crippen molar-refractivity contribution in [1.82, 2.24) is 10.2 Å². The molecule has 0 aliphatic rings. The zero-order valence-electron chi connectivity index (χ0n) is 12.6. The van der Waals surface area contributed by atoms with Gasteiger partial charge in [0.15, 0.2) is 0 Å². The Morgan fingerprint density at radius 3 is 2.76 bits per heavy atom. The van der Waals surface area contributed by atoms with Crippen molar-refractivity contribution < 1.29 is 14.5 Å². The van der Waals surface area contributed by atoms with E-state index in [1.807, 2.05) is 7.05 Å². The van der Waals surface area contributed by atoms with Crippen LogP contribution in [0.3, 0.4) is 0 Å². The third kappa shape index (κ3) is 4.42. The van der Waals surface area contributed by atoms with Crippen LogP contribution in [0.4, 0.5) is 5.69 Å². The SMILES string of the molecule is CCOc1c(C(=O)N(C)CCCNC)cccc1[N+](=O)[O-]. The van der Waals surface area contributed by atoms with Crippen molar-refractivity contribution in [3.63, 3.8) is 0 Å². The second kappa shape index (κ2) is 8.21. The number of nitrogens with zero attached hydrogens (tertiary/aromatic N) is 2. The zero-order valence-corrected chi connectivity index (χ0v) is 12.6. The molecule has 7 heteroatoms. The van der Waals surface area contributed by atoms with Crippen LogP contribution in [0.25, 0.3) is 0 Å². The molecular formula is C14H21N3O4. The molecule has 0 aromatic heterocycles. The Morgan fingerprint density at radius 2 is 2.19 bits per heavy atom. The Labute approximate surface area is 124 Å². The predicted octanol–water partition coefficient (Wildman–Crippen LogP) is 1.67. The van der Waals surface area contributed by atoms with Gasteiger partial charge in [0.05, 0.1) is 17.1 Å². The van der Waals surface area contributed by atoms with Crippen molar-refractivity contribution in [2.45, 2.75) is 13.3 Å². The number of carbonyl (C=O) groups excluding carboxylic acids is 1. The van der Waals surface area contributed by atoms with Crippen LogP contribution < -0.4 is 10.1 Å². The predicted molar refractivity (Wildman–Crippen MR) is 79.8 cm³/mol. The van der Waals surface area contributed by atoms with Gasteiger partial charge in [-0.25, -0.2) is 0 Å². The Hall–Kier alpha value is -2.15. The quantitative estimate of drug-likeness (QED) is 0.448. The van der Waals surface area contributed by atoms with E-state index in [1.54, 1.807) is 24.9 Å². The van der Waals surface area contributed by atoms with Crippen LogP contribution in [0.1, 0.15) is 23.7 Å². The summed E-state index contributed by atoms with van der Waals surface area (Å²) >= 11 is 0. The molecule has 0 spiro atoms. The molecule has 0 unspecified atom stereocenters. The second-order valence-electron chi connectivity index (χ2n) is 4.53. The van der Waals surface area contributed by atoms with E-state index in [9.17, 15) is 14.9 Å². The van der Waals surface area contributed by atoms with Crippen LogP contribution in [0.2, 0.25) is 0 Å². The molecule has 1 aromatic rings. The number of ether oxygens (including phenoxy) is 1. The molecule has 0 heterocycles. The Bertz CT molecular complexity index is 505. The molecule has 0 saturated heterocycles. The number of nitro benzene ring substituents is 1. The first-order valence-corrected chi connectivity index (χ1v) is 6.83. The van der Waals surface area contributed by atoms with Gasteiger partial charge in [0.25, 0.3) is 5.91 Å². The summed E-state index contributed by atoms with van der Waals surface area (Å²) in [5.74, 6) is -0.242. The van der Waals surface area contributed by atoms with E-state index in [1.165, 1.54) is 12.1 Å². The fourth-order valence-electron chi connectivity index (χ4n) is 1.93. The number of benzene rings is 1. The van der Waals surface area contributed by atoms with Gasteiger partial charge < -0.3 is 15.0 Å². The lowest BCUT2D eigenvalue weighted by atomic mass is 10.1. The summed E-state index contributed by atoms with van der Waals surface area (Å²) in [6.45, 7) is 3.34. The van der Waals surface area contributed by atoms with Crippen LogP contribution in [-0.2, 0) is 0 Å². The molecule has 0 radical (unpaired) electrons. The Morgan fingerprint density at radius 1 is 1.48 bits per heavy atom. The maximum absolute atomic E-state index is 12.4. The normalized spacial score (nSPS) is 10.2. The highest BCUT2D eigenvalue weighted by Gasteiger charge is 2.24. The number of nitrogens with one attached hydrogen (secondary N) is 1. The van der Waals surface area contributed by atoms with Gasteiger partial charge >= 0.3 is 5.69 Å². The van der Waals surface area contributed by atoms with E-state index in [4.69, 9.17) is 4.74 Å². The first kappa shape index (κ1) is 16.9. The fourth-order valence-corrected chi connectivity index (χ4v) is 1.93. The topological polar surface area (TPSA) is 84.7 Å². The van der Waals surface area contributed by atoms with Crippen molar-refractivity contribution in [3.05, 3.63) is 33.9 Å². The summed E-state index contributed by atoms with van der Waals surface area (Å²) < 4.78 is 5.32. The minimum atomic E-state index is -0.539. The van der Waals surface area contributed by atoms with E-state index < -0.39 is 4.92 Å². The number of hydrogen-bond donors (Lipinski definition) is 1. The number of nitro groups is 1. The van der Waals surface area contributed by atoms with Gasteiger partial charge in [0, 0.05) is 19.7 Å². The van der Waals surface area contributed by atoms with E-state index >= 15 is 0 Å². The number of carbonyl (C=O) groups is 1. The zero-order chi connectivity index (χ0) is 15.8. The Balaban J connectivity index is 3.02. The summed E-state index contributed by atoms with van der Waals surface area (Å²) in [5.41, 5.74) is 0.0318. The lowest BCUT2D eigenvalue weighted by Gasteiger charge is -2.18. The fraction of sp³-hybridized carbons (Fsp3) is 0.500. The summed E-state index contributed by atoms with van der Waals surface area (Å²) in [6, 6.07) is 4.38. The number of hydrogen-bond acceptors (Lipinski definition) is 5. The summed E-state index contributed by atoms with van der Waals surface area (Å²) in [5, 5.41) is 14.1. The maximum Gasteiger partial charge on any atom is 0.311 e. The average Bonchev–Trinajstić information content (AvgIpc) is 2.47. The second-order valence-corrected chi connectivity index (χ2v) is 4.53. The van der Waals surface area contributed by atoms with Gasteiger partial charge in [0.2, 0.25) is 5.75 Å². The van der Waals surface area contributed by atoms with Crippen molar-refractivity contribution in [3.8, 4) is 5.75 Å². The number of rotatable bonds is 8. The third-order valence-electron chi connectivity index (χ3n) is 2.98. The lowest BCUT2D eigenvalue weighted by Crippen LogP contribution is -2.29. The molecule has 0 bridgehead atoms. The molecule has 0 aliphatic heterocycles. The van der Waals surface area contributed by atoms with E-state index in [2.05, 4.69) is 5.32 Å². The van der Waals surface area contributed by atoms with Crippen molar-refractivity contribution in [2.75, 3.05) is 33.8 Å². The van der Waals surface area contributed by atoms with Gasteiger partial charge in [-0.2, -0.15) is 0 Å². The van der Waals surface area contributed by atoms with Gasteiger partial charge in [-0.1, -0.05) is 6.07 Å². The number of amides is 1. The first-order valence-electron chi connectivity index (χ1n) is 6.83. The van der Waals surface area contributed by atoms with Crippen molar-refractivity contribution in [2.24, 2.45) is 0 Å². The molecule has 1 aromatic carbocycles. The molecular weight excluding hydrogens is 274 g/mol. The van der Waals surface area contributed by atoms with E-state index in [0.29, 0.717) is 6.54 Å². The summed E-state index contributed by atoms with van der Waals surface area (Å²) in [7, 11) is 3.52. The standard InChI is InChI=1S/C14H21N3O4/c1-4-21-13-11(7-5-8-12(13)17(19)20)14(18)16(3)10-6-9-15-2/h5,7-8,15H,4,6,9-10H2,1-3H3. The third-order valence-corrected chi connectivity index (χ3v) is 2.98. The van der Waals surface area contributed by atoms with Crippen LogP contribution in [-0.4, -0.2) is 49.5 Å². The van der Waals surface area contributed by atoms with Crippen LogP contribution >= 0.6 is 0 Å². The summed E-state index contributed by atoms with van der Waals surface area (Å²) in [6.07, 6.45) is 0.803. The molecule has 21 heavy (non-hydrogen) atoms. The van der Waals surface area contributed by atoms with Crippen LogP contribution in [0, 0.1) is 10.1 Å². The lowest BCUT2D eigenvalue weighted by molar-refractivity contribution is -0.385. The van der Waals surface area contributed by atoms with Gasteiger partial charge in [0.1, 0.15) is 0 Å². The maximum atomic E-state index is 12.4. The molecule has 1 amide bonds. The van der Waals surface area contributed by atoms with Gasteiger partial charge in [-0.15, -0.1) is 0 Å². The minimum Gasteiger partial charge on any atom is -0.487 e. The van der Waals surface area contributed by atoms with Crippen LogP contribution in [0.15, 0.2) is 18.2 Å². The Kier molecular flexibility index (Phi) is 6.61. The average molecular weight is 295 g/mol. The largest absolute Gasteiger partial charge is 0.487 e. The van der Waals surface area contributed by atoms with Crippen molar-refractivity contribution in [1.29, 1.82) is 0 Å². The molecule has 0 aliphatic carbocycles. The molecule has 0 atom stereocenters. The highest BCUT2D eigenvalue weighted by Crippen LogP contribution is 2.31. The molecule has 7 nitrogen and oxygen atoms in total. The first-order chi connectivity index (χ1) is 10.0. The van der Waals surface area contributed by atoms with Crippen molar-refractivity contribution >= 4 is 11.6 Å². The van der Waals surface area contributed by atoms with Crippen LogP contribution in [0.5, 0.6) is 5.75 Å². The monoisotopic (exact) mass is 295 g/mol. The molecule has 1 rings (SSSR count). The van der Waals surface area contributed by atoms with E-state index in [0.717, 1.165) is 13.0 Å². The minimum absolute atomic E-state index is 0.0375. The molecule has 1 N–H and O–H groups in total. The highest BCUT2D eigenvalue weighted by molar-refractivity contribution is 5.98. The number of para-hydroxylation sites is 1. The molecule has 0 saturated carbocycles. The molecule has 116 valence electrons. The highest BCUT2D eigenvalue weighted by atomic mass is 16.6. The van der Waals surface area contributed by atoms with Gasteiger partial charge in [-0.3, -0.25) is 14.9 Å². The smallest absolute Gasteiger partial charge is 0.311 e. The summed E-state index contributed by atoms with van der Waals surface area (Å²) in [4.78, 5) is 24.5. The molecule has 0 fully saturated rings.